The predicted octanol–water partition coefficient (Wildman–Crippen LogP) is 0.902. The minimum Gasteiger partial charge on any atom is -0.466 e. The Morgan fingerprint density at radius 3 is 2.50 bits per heavy atom. The van der Waals surface area contributed by atoms with Gasteiger partial charge >= 0.3 is 5.97 Å². The lowest BCUT2D eigenvalue weighted by Gasteiger charge is -2.26. The molecule has 3 N–H and O–H groups in total. The maximum absolute atomic E-state index is 12.1. The number of carbonyl (C=O) groups excluding carboxylic acids is 2. The van der Waals surface area contributed by atoms with Gasteiger partial charge in [0.15, 0.2) is 0 Å². The number of ether oxygens (including phenoxy) is 1. The summed E-state index contributed by atoms with van der Waals surface area (Å²) in [5, 5.41) is 2.73. The van der Waals surface area contributed by atoms with Crippen LogP contribution < -0.4 is 11.1 Å². The summed E-state index contributed by atoms with van der Waals surface area (Å²) in [6.07, 6.45) is 3.50. The van der Waals surface area contributed by atoms with Crippen LogP contribution >= 0.6 is 12.2 Å². The smallest absolute Gasteiger partial charge is 0.307 e. The molecule has 18 heavy (non-hydrogen) atoms. The first-order valence-corrected chi connectivity index (χ1v) is 6.67. The summed E-state index contributed by atoms with van der Waals surface area (Å²) >= 11 is 5.01. The van der Waals surface area contributed by atoms with Gasteiger partial charge in [0, 0.05) is 6.54 Å². The van der Waals surface area contributed by atoms with Crippen LogP contribution in [-0.4, -0.2) is 30.0 Å². The van der Waals surface area contributed by atoms with Crippen molar-refractivity contribution in [1.29, 1.82) is 0 Å². The number of hydrogen-bond donors (Lipinski definition) is 2. The fraction of sp³-hybridized carbons (Fsp3) is 0.750. The van der Waals surface area contributed by atoms with E-state index < -0.39 is 5.41 Å². The van der Waals surface area contributed by atoms with Gasteiger partial charge in [-0.1, -0.05) is 25.1 Å². The highest BCUT2D eigenvalue weighted by molar-refractivity contribution is 7.80. The SMILES string of the molecule is CCOC(=O)CCNC(=O)C1(C(N)=S)CCCC1. The zero-order chi connectivity index (χ0) is 13.6. The number of rotatable bonds is 6. The van der Waals surface area contributed by atoms with Crippen LogP contribution in [0, 0.1) is 5.41 Å². The topological polar surface area (TPSA) is 81.4 Å². The van der Waals surface area contributed by atoms with Gasteiger partial charge in [0.2, 0.25) is 5.91 Å². The molecule has 0 aromatic carbocycles. The highest BCUT2D eigenvalue weighted by Gasteiger charge is 2.43. The number of nitrogens with one attached hydrogen (secondary N) is 1. The molecule has 1 amide bonds. The zero-order valence-electron chi connectivity index (χ0n) is 10.7. The van der Waals surface area contributed by atoms with Crippen LogP contribution in [0.5, 0.6) is 0 Å². The molecule has 0 bridgehead atoms. The second kappa shape index (κ2) is 6.68. The van der Waals surface area contributed by atoms with Crippen molar-refractivity contribution in [3.05, 3.63) is 0 Å². The first-order valence-electron chi connectivity index (χ1n) is 6.27. The molecular weight excluding hydrogens is 252 g/mol. The van der Waals surface area contributed by atoms with Crippen LogP contribution in [0.1, 0.15) is 39.0 Å². The van der Waals surface area contributed by atoms with Gasteiger partial charge in [0.1, 0.15) is 0 Å². The Morgan fingerprint density at radius 1 is 1.39 bits per heavy atom. The summed E-state index contributed by atoms with van der Waals surface area (Å²) in [6, 6.07) is 0. The van der Waals surface area contributed by atoms with Crippen molar-refractivity contribution in [3.8, 4) is 0 Å². The lowest BCUT2D eigenvalue weighted by atomic mass is 9.85. The molecule has 1 rings (SSSR count). The molecule has 0 atom stereocenters. The Hall–Kier alpha value is -1.17. The molecule has 0 spiro atoms. The Labute approximate surface area is 112 Å². The molecule has 0 aliphatic heterocycles. The van der Waals surface area contributed by atoms with E-state index in [0.29, 0.717) is 19.4 Å². The number of carbonyl (C=O) groups is 2. The summed E-state index contributed by atoms with van der Waals surface area (Å²) in [6.45, 7) is 2.36. The average Bonchev–Trinajstić information content (AvgIpc) is 2.79. The molecule has 1 saturated carbocycles. The molecule has 0 aromatic rings. The van der Waals surface area contributed by atoms with E-state index in [-0.39, 0.29) is 29.8 Å². The molecule has 0 heterocycles. The van der Waals surface area contributed by atoms with Gasteiger partial charge in [-0.2, -0.15) is 0 Å². The van der Waals surface area contributed by atoms with Crippen LogP contribution in [0.25, 0.3) is 0 Å². The molecule has 0 radical (unpaired) electrons. The van der Waals surface area contributed by atoms with E-state index in [1.807, 2.05) is 0 Å². The Balaban J connectivity index is 2.44. The van der Waals surface area contributed by atoms with Crippen molar-refractivity contribution in [2.75, 3.05) is 13.2 Å². The standard InChI is InChI=1S/C12H20N2O3S/c1-2-17-9(15)5-8-14-11(16)12(10(13)18)6-3-4-7-12/h2-8H2,1H3,(H2,13,18)(H,14,16). The van der Waals surface area contributed by atoms with Crippen LogP contribution in [0.15, 0.2) is 0 Å². The predicted molar refractivity (Wildman–Crippen MR) is 71.9 cm³/mol. The van der Waals surface area contributed by atoms with E-state index in [1.165, 1.54) is 0 Å². The molecule has 1 fully saturated rings. The highest BCUT2D eigenvalue weighted by Crippen LogP contribution is 2.38. The fourth-order valence-corrected chi connectivity index (χ4v) is 2.54. The van der Waals surface area contributed by atoms with Gasteiger partial charge in [-0.25, -0.2) is 0 Å². The number of nitrogens with two attached hydrogens (primary N) is 1. The average molecular weight is 272 g/mol. The molecule has 5 nitrogen and oxygen atoms in total. The highest BCUT2D eigenvalue weighted by atomic mass is 32.1. The van der Waals surface area contributed by atoms with Crippen LogP contribution in [0.4, 0.5) is 0 Å². The minimum atomic E-state index is -0.704. The van der Waals surface area contributed by atoms with Gasteiger partial charge in [0.05, 0.1) is 23.4 Å². The summed E-state index contributed by atoms with van der Waals surface area (Å²) in [4.78, 5) is 23.5. The van der Waals surface area contributed by atoms with Gasteiger partial charge in [-0.05, 0) is 19.8 Å². The van der Waals surface area contributed by atoms with Gasteiger partial charge in [-0.15, -0.1) is 0 Å². The summed E-state index contributed by atoms with van der Waals surface area (Å²) in [7, 11) is 0. The second-order valence-electron chi connectivity index (χ2n) is 4.46. The maximum Gasteiger partial charge on any atom is 0.307 e. The van der Waals surface area contributed by atoms with Gasteiger partial charge in [-0.3, -0.25) is 9.59 Å². The number of thiocarbonyl (C=S) groups is 1. The van der Waals surface area contributed by atoms with Crippen molar-refractivity contribution in [3.63, 3.8) is 0 Å². The van der Waals surface area contributed by atoms with E-state index in [4.69, 9.17) is 22.7 Å². The molecule has 0 aromatic heterocycles. The third kappa shape index (κ3) is 3.41. The maximum atomic E-state index is 12.1. The van der Waals surface area contributed by atoms with Crippen molar-refractivity contribution in [1.82, 2.24) is 5.32 Å². The van der Waals surface area contributed by atoms with E-state index >= 15 is 0 Å². The van der Waals surface area contributed by atoms with Gasteiger partial charge < -0.3 is 15.8 Å². The Kier molecular flexibility index (Phi) is 5.53. The largest absolute Gasteiger partial charge is 0.466 e. The molecule has 0 unspecified atom stereocenters. The molecule has 0 saturated heterocycles. The third-order valence-electron chi connectivity index (χ3n) is 3.28. The zero-order valence-corrected chi connectivity index (χ0v) is 11.5. The third-order valence-corrected chi connectivity index (χ3v) is 3.67. The van der Waals surface area contributed by atoms with Crippen molar-refractivity contribution in [2.45, 2.75) is 39.0 Å². The first-order chi connectivity index (χ1) is 8.53. The monoisotopic (exact) mass is 272 g/mol. The number of esters is 1. The van der Waals surface area contributed by atoms with Crippen molar-refractivity contribution >= 4 is 29.1 Å². The minimum absolute atomic E-state index is 0.156. The van der Waals surface area contributed by atoms with Crippen molar-refractivity contribution < 1.29 is 14.3 Å². The van der Waals surface area contributed by atoms with Crippen LogP contribution in [-0.2, 0) is 14.3 Å². The molecule has 1 aliphatic rings. The van der Waals surface area contributed by atoms with E-state index in [0.717, 1.165) is 12.8 Å². The quantitative estimate of drug-likeness (QED) is 0.554. The fourth-order valence-electron chi connectivity index (χ4n) is 2.24. The van der Waals surface area contributed by atoms with Crippen LogP contribution in [0.2, 0.25) is 0 Å². The first kappa shape index (κ1) is 14.9. The lowest BCUT2D eigenvalue weighted by Crippen LogP contribution is -2.47. The van der Waals surface area contributed by atoms with E-state index in [9.17, 15) is 9.59 Å². The van der Waals surface area contributed by atoms with Crippen LogP contribution in [0.3, 0.4) is 0 Å². The molecule has 1 aliphatic carbocycles. The van der Waals surface area contributed by atoms with E-state index in [1.54, 1.807) is 6.92 Å². The van der Waals surface area contributed by atoms with E-state index in [2.05, 4.69) is 5.32 Å². The molecule has 102 valence electrons. The molecule has 6 heteroatoms. The summed E-state index contributed by atoms with van der Waals surface area (Å²) < 4.78 is 4.78. The van der Waals surface area contributed by atoms with Gasteiger partial charge in [0.25, 0.3) is 0 Å². The normalized spacial score (nSPS) is 17.2. The number of amides is 1. The Bertz CT molecular complexity index is 338. The lowest BCUT2D eigenvalue weighted by molar-refractivity contribution is -0.143. The second-order valence-corrected chi connectivity index (χ2v) is 4.90. The van der Waals surface area contributed by atoms with Crippen molar-refractivity contribution in [2.24, 2.45) is 11.1 Å². The molecular formula is C12H20N2O3S. The summed E-state index contributed by atoms with van der Waals surface area (Å²) in [5.41, 5.74) is 4.99. The number of hydrogen-bond acceptors (Lipinski definition) is 4. The Morgan fingerprint density at radius 2 is 2.00 bits per heavy atom. The summed E-state index contributed by atoms with van der Waals surface area (Å²) in [5.74, 6) is -0.467.